The summed E-state index contributed by atoms with van der Waals surface area (Å²) in [6, 6.07) is 11.8. The highest BCUT2D eigenvalue weighted by molar-refractivity contribution is 7.21. The number of aromatic carboxylic acids is 1. The average molecular weight is 385 g/mol. The Balaban J connectivity index is 2.02. The summed E-state index contributed by atoms with van der Waals surface area (Å²) in [7, 11) is 1.58. The van der Waals surface area contributed by atoms with Crippen molar-refractivity contribution in [3.8, 4) is 11.5 Å². The number of ether oxygens (including phenoxy) is 2. The SMILES string of the molecule is CCCOc1c(C(=O)Nc2ccccc2C(=O)O)sc2ccc(OC)cc12. The quantitative estimate of drug-likeness (QED) is 0.618. The van der Waals surface area contributed by atoms with Crippen LogP contribution in [0, 0.1) is 0 Å². The lowest BCUT2D eigenvalue weighted by Crippen LogP contribution is -2.14. The first-order valence-corrected chi connectivity index (χ1v) is 9.23. The maximum Gasteiger partial charge on any atom is 0.337 e. The first-order chi connectivity index (χ1) is 13.0. The second-order valence-corrected chi connectivity index (χ2v) is 6.83. The first-order valence-electron chi connectivity index (χ1n) is 8.42. The summed E-state index contributed by atoms with van der Waals surface area (Å²) < 4.78 is 12.0. The number of hydrogen-bond donors (Lipinski definition) is 2. The van der Waals surface area contributed by atoms with Crippen LogP contribution in [0.5, 0.6) is 11.5 Å². The van der Waals surface area contributed by atoms with E-state index in [1.165, 1.54) is 17.4 Å². The molecule has 1 amide bonds. The van der Waals surface area contributed by atoms with Crippen LogP contribution in [0.4, 0.5) is 5.69 Å². The van der Waals surface area contributed by atoms with Gasteiger partial charge in [-0.05, 0) is 36.8 Å². The van der Waals surface area contributed by atoms with Crippen molar-refractivity contribution in [1.29, 1.82) is 0 Å². The molecule has 3 aromatic rings. The van der Waals surface area contributed by atoms with E-state index in [0.29, 0.717) is 23.0 Å². The molecule has 140 valence electrons. The van der Waals surface area contributed by atoms with E-state index in [1.807, 2.05) is 25.1 Å². The lowest BCUT2D eigenvalue weighted by Gasteiger charge is -2.10. The van der Waals surface area contributed by atoms with Crippen molar-refractivity contribution in [3.05, 3.63) is 52.9 Å². The normalized spacial score (nSPS) is 10.6. The number of amides is 1. The molecule has 1 heterocycles. The maximum atomic E-state index is 12.9. The molecule has 3 rings (SSSR count). The first kappa shape index (κ1) is 18.7. The van der Waals surface area contributed by atoms with E-state index in [0.717, 1.165) is 16.5 Å². The number of nitrogens with one attached hydrogen (secondary N) is 1. The van der Waals surface area contributed by atoms with Gasteiger partial charge in [-0.3, -0.25) is 4.79 Å². The summed E-state index contributed by atoms with van der Waals surface area (Å²) in [4.78, 5) is 24.7. The molecule has 27 heavy (non-hydrogen) atoms. The number of thiophene rings is 1. The van der Waals surface area contributed by atoms with Gasteiger partial charge in [-0.1, -0.05) is 19.1 Å². The summed E-state index contributed by atoms with van der Waals surface area (Å²) in [5.74, 6) is -0.352. The van der Waals surface area contributed by atoms with Gasteiger partial charge in [0.1, 0.15) is 10.6 Å². The van der Waals surface area contributed by atoms with E-state index in [-0.39, 0.29) is 11.3 Å². The lowest BCUT2D eigenvalue weighted by atomic mass is 10.1. The second kappa shape index (κ2) is 8.09. The van der Waals surface area contributed by atoms with Crippen LogP contribution in [0.25, 0.3) is 10.1 Å². The monoisotopic (exact) mass is 385 g/mol. The predicted octanol–water partition coefficient (Wildman–Crippen LogP) is 4.65. The van der Waals surface area contributed by atoms with E-state index in [2.05, 4.69) is 5.32 Å². The Kier molecular flexibility index (Phi) is 5.61. The molecular weight excluding hydrogens is 366 g/mol. The molecule has 0 fully saturated rings. The standard InChI is InChI=1S/C20H19NO5S/c1-3-10-26-17-14-11-12(25-2)8-9-16(14)27-18(17)19(22)21-15-7-5-4-6-13(15)20(23)24/h4-9,11H,3,10H2,1-2H3,(H,21,22)(H,23,24). The van der Waals surface area contributed by atoms with E-state index >= 15 is 0 Å². The predicted molar refractivity (Wildman–Crippen MR) is 106 cm³/mol. The molecule has 0 bridgehead atoms. The van der Waals surface area contributed by atoms with E-state index in [9.17, 15) is 14.7 Å². The van der Waals surface area contributed by atoms with Crippen LogP contribution in [0.2, 0.25) is 0 Å². The fraction of sp³-hybridized carbons (Fsp3) is 0.200. The molecule has 0 aliphatic rings. The molecule has 0 spiro atoms. The number of carbonyl (C=O) groups excluding carboxylic acids is 1. The Hall–Kier alpha value is -3.06. The van der Waals surface area contributed by atoms with Gasteiger partial charge in [-0.15, -0.1) is 11.3 Å². The number of hydrogen-bond acceptors (Lipinski definition) is 5. The van der Waals surface area contributed by atoms with Crippen LogP contribution < -0.4 is 14.8 Å². The number of carbonyl (C=O) groups is 2. The van der Waals surface area contributed by atoms with Crippen LogP contribution in [0.3, 0.4) is 0 Å². The number of para-hydroxylation sites is 1. The molecule has 0 saturated carbocycles. The van der Waals surface area contributed by atoms with Gasteiger partial charge >= 0.3 is 5.97 Å². The molecule has 6 nitrogen and oxygen atoms in total. The van der Waals surface area contributed by atoms with Crippen molar-refractivity contribution in [2.24, 2.45) is 0 Å². The van der Waals surface area contributed by atoms with Gasteiger partial charge in [0, 0.05) is 10.1 Å². The molecular formula is C20H19NO5S. The Labute approximate surface area is 160 Å². The summed E-state index contributed by atoms with van der Waals surface area (Å²) in [6.07, 6.45) is 0.796. The van der Waals surface area contributed by atoms with Crippen LogP contribution in [0.15, 0.2) is 42.5 Å². The summed E-state index contributed by atoms with van der Waals surface area (Å²) in [6.45, 7) is 2.45. The van der Waals surface area contributed by atoms with Crippen molar-refractivity contribution in [3.63, 3.8) is 0 Å². The number of methoxy groups -OCH3 is 1. The maximum absolute atomic E-state index is 12.9. The van der Waals surface area contributed by atoms with Crippen molar-refractivity contribution < 1.29 is 24.2 Å². The fourth-order valence-corrected chi connectivity index (χ4v) is 3.66. The molecule has 0 radical (unpaired) electrons. The van der Waals surface area contributed by atoms with E-state index in [1.54, 1.807) is 25.3 Å². The molecule has 0 aliphatic heterocycles. The third-order valence-corrected chi connectivity index (χ3v) is 5.06. The number of carboxylic acid groups (broad SMARTS) is 1. The van der Waals surface area contributed by atoms with Gasteiger partial charge < -0.3 is 19.9 Å². The Morgan fingerprint density at radius 2 is 1.96 bits per heavy atom. The van der Waals surface area contributed by atoms with Gasteiger partial charge in [-0.2, -0.15) is 0 Å². The third kappa shape index (κ3) is 3.88. The van der Waals surface area contributed by atoms with Crippen molar-refractivity contribution >= 4 is 39.0 Å². The van der Waals surface area contributed by atoms with Gasteiger partial charge in [-0.25, -0.2) is 4.79 Å². The van der Waals surface area contributed by atoms with Gasteiger partial charge in [0.25, 0.3) is 5.91 Å². The zero-order valence-corrected chi connectivity index (χ0v) is 15.8. The number of benzene rings is 2. The number of anilines is 1. The molecule has 2 N–H and O–H groups in total. The highest BCUT2D eigenvalue weighted by Crippen LogP contribution is 2.40. The molecule has 2 aromatic carbocycles. The minimum atomic E-state index is -1.10. The number of fused-ring (bicyclic) bond motifs is 1. The molecule has 7 heteroatoms. The topological polar surface area (TPSA) is 84.9 Å². The highest BCUT2D eigenvalue weighted by atomic mass is 32.1. The average Bonchev–Trinajstić information content (AvgIpc) is 3.04. The smallest absolute Gasteiger partial charge is 0.337 e. The van der Waals surface area contributed by atoms with Crippen LogP contribution >= 0.6 is 11.3 Å². The molecule has 0 aliphatic carbocycles. The highest BCUT2D eigenvalue weighted by Gasteiger charge is 2.22. The second-order valence-electron chi connectivity index (χ2n) is 5.78. The van der Waals surface area contributed by atoms with Crippen molar-refractivity contribution in [2.75, 3.05) is 19.0 Å². The summed E-state index contributed by atoms with van der Waals surface area (Å²) in [5.41, 5.74) is 0.274. The van der Waals surface area contributed by atoms with Crippen LogP contribution in [-0.4, -0.2) is 30.7 Å². The van der Waals surface area contributed by atoms with E-state index in [4.69, 9.17) is 9.47 Å². The van der Waals surface area contributed by atoms with Gasteiger partial charge in [0.2, 0.25) is 0 Å². The summed E-state index contributed by atoms with van der Waals surface area (Å²) >= 11 is 1.30. The molecule has 0 atom stereocenters. The Morgan fingerprint density at radius 3 is 2.67 bits per heavy atom. The minimum Gasteiger partial charge on any atom is -0.497 e. The lowest BCUT2D eigenvalue weighted by molar-refractivity contribution is 0.0698. The zero-order chi connectivity index (χ0) is 19.4. The zero-order valence-electron chi connectivity index (χ0n) is 14.9. The van der Waals surface area contributed by atoms with Crippen molar-refractivity contribution in [1.82, 2.24) is 0 Å². The fourth-order valence-electron chi connectivity index (χ4n) is 2.64. The van der Waals surface area contributed by atoms with Crippen molar-refractivity contribution in [2.45, 2.75) is 13.3 Å². The molecule has 1 aromatic heterocycles. The Bertz CT molecular complexity index is 995. The third-order valence-electron chi connectivity index (χ3n) is 3.91. The minimum absolute atomic E-state index is 0.0321. The van der Waals surface area contributed by atoms with E-state index < -0.39 is 11.9 Å². The van der Waals surface area contributed by atoms with Gasteiger partial charge in [0.05, 0.1) is 25.0 Å². The number of carboxylic acids is 1. The number of rotatable bonds is 7. The van der Waals surface area contributed by atoms with Crippen LogP contribution in [0.1, 0.15) is 33.4 Å². The summed E-state index contributed by atoms with van der Waals surface area (Å²) in [5, 5.41) is 12.8. The van der Waals surface area contributed by atoms with Crippen LogP contribution in [-0.2, 0) is 0 Å². The Morgan fingerprint density at radius 1 is 1.19 bits per heavy atom. The largest absolute Gasteiger partial charge is 0.497 e. The van der Waals surface area contributed by atoms with Gasteiger partial charge in [0.15, 0.2) is 5.75 Å². The molecule has 0 unspecified atom stereocenters. The molecule has 0 saturated heterocycles.